The number of hydrogen-bond donors (Lipinski definition) is 0. The first-order valence-corrected chi connectivity index (χ1v) is 6.78. The number of aromatic nitrogens is 1. The first-order valence-electron chi connectivity index (χ1n) is 6.24. The predicted octanol–water partition coefficient (Wildman–Crippen LogP) is 1.40. The Labute approximate surface area is 121 Å². The summed E-state index contributed by atoms with van der Waals surface area (Å²) in [6.07, 6.45) is -0.314. The molecule has 7 nitrogen and oxygen atoms in total. The molecule has 1 aliphatic heterocycles. The van der Waals surface area contributed by atoms with Gasteiger partial charge in [0.2, 0.25) is 0 Å². The van der Waals surface area contributed by atoms with Gasteiger partial charge in [-0.15, -0.1) is 11.6 Å². The largest absolute Gasteiger partial charge is 0.370 e. The van der Waals surface area contributed by atoms with E-state index in [0.717, 1.165) is 0 Å². The number of hydrogen-bond acceptors (Lipinski definition) is 4. The SMILES string of the molecule is CC1CN(C(=O)c2ccc([N+](=O)[O-])n2C)CC(CCl)O1. The Bertz CT molecular complexity index is 531. The fourth-order valence-electron chi connectivity index (χ4n) is 2.36. The second-order valence-corrected chi connectivity index (χ2v) is 5.13. The van der Waals surface area contributed by atoms with E-state index in [1.165, 1.54) is 23.7 Å². The molecule has 2 heterocycles. The van der Waals surface area contributed by atoms with E-state index >= 15 is 0 Å². The first kappa shape index (κ1) is 14.8. The van der Waals surface area contributed by atoms with Crippen molar-refractivity contribution >= 4 is 23.3 Å². The van der Waals surface area contributed by atoms with Gasteiger partial charge < -0.3 is 19.8 Å². The molecule has 1 fully saturated rings. The van der Waals surface area contributed by atoms with Gasteiger partial charge in [-0.2, -0.15) is 0 Å². The molecule has 1 saturated heterocycles. The molecular formula is C12H16ClN3O4. The molecule has 110 valence electrons. The van der Waals surface area contributed by atoms with Gasteiger partial charge in [-0.05, 0) is 17.9 Å². The molecule has 1 aromatic heterocycles. The van der Waals surface area contributed by atoms with E-state index in [-0.39, 0.29) is 23.9 Å². The molecule has 2 rings (SSSR count). The van der Waals surface area contributed by atoms with Crippen LogP contribution in [0.4, 0.5) is 5.82 Å². The van der Waals surface area contributed by atoms with Gasteiger partial charge >= 0.3 is 5.82 Å². The standard InChI is InChI=1S/C12H16ClN3O4/c1-8-6-15(7-9(5-13)20-8)12(17)10-3-4-11(14(10)2)16(18)19/h3-4,8-9H,5-7H2,1-2H3. The van der Waals surface area contributed by atoms with Gasteiger partial charge in [-0.3, -0.25) is 4.79 Å². The number of morpholine rings is 1. The van der Waals surface area contributed by atoms with Crippen LogP contribution in [0, 0.1) is 10.1 Å². The van der Waals surface area contributed by atoms with Crippen LogP contribution >= 0.6 is 11.6 Å². The quantitative estimate of drug-likeness (QED) is 0.480. The van der Waals surface area contributed by atoms with Crippen molar-refractivity contribution in [3.63, 3.8) is 0 Å². The Morgan fingerprint density at radius 3 is 2.80 bits per heavy atom. The molecule has 20 heavy (non-hydrogen) atoms. The minimum atomic E-state index is -0.514. The van der Waals surface area contributed by atoms with Gasteiger partial charge in [0.15, 0.2) is 5.69 Å². The zero-order valence-electron chi connectivity index (χ0n) is 11.3. The van der Waals surface area contributed by atoms with Crippen LogP contribution in [0.3, 0.4) is 0 Å². The molecular weight excluding hydrogens is 286 g/mol. The Morgan fingerprint density at radius 1 is 1.55 bits per heavy atom. The summed E-state index contributed by atoms with van der Waals surface area (Å²) < 4.78 is 6.87. The Balaban J connectivity index is 2.20. The van der Waals surface area contributed by atoms with Crippen molar-refractivity contribution in [3.8, 4) is 0 Å². The molecule has 0 N–H and O–H groups in total. The number of amides is 1. The Morgan fingerprint density at radius 2 is 2.25 bits per heavy atom. The van der Waals surface area contributed by atoms with Gasteiger partial charge in [-0.25, -0.2) is 4.57 Å². The van der Waals surface area contributed by atoms with E-state index in [4.69, 9.17) is 16.3 Å². The highest BCUT2D eigenvalue weighted by Gasteiger charge is 2.31. The molecule has 1 aromatic rings. The maximum atomic E-state index is 12.4. The number of carbonyl (C=O) groups is 1. The van der Waals surface area contributed by atoms with Crippen molar-refractivity contribution in [2.45, 2.75) is 19.1 Å². The summed E-state index contributed by atoms with van der Waals surface area (Å²) in [6.45, 7) is 2.71. The van der Waals surface area contributed by atoms with Crippen LogP contribution in [0.1, 0.15) is 17.4 Å². The molecule has 1 amide bonds. The van der Waals surface area contributed by atoms with E-state index in [2.05, 4.69) is 0 Å². The average Bonchev–Trinajstić information content (AvgIpc) is 2.79. The maximum absolute atomic E-state index is 12.4. The van der Waals surface area contributed by atoms with Gasteiger partial charge in [0.1, 0.15) is 0 Å². The number of ether oxygens (including phenoxy) is 1. The number of alkyl halides is 1. The van der Waals surface area contributed by atoms with Crippen molar-refractivity contribution in [1.29, 1.82) is 0 Å². The second-order valence-electron chi connectivity index (χ2n) is 4.83. The maximum Gasteiger partial charge on any atom is 0.323 e. The lowest BCUT2D eigenvalue weighted by atomic mass is 10.2. The fourth-order valence-corrected chi connectivity index (χ4v) is 2.53. The van der Waals surface area contributed by atoms with E-state index in [0.29, 0.717) is 24.7 Å². The Kier molecular flexibility index (Phi) is 4.29. The van der Waals surface area contributed by atoms with Gasteiger partial charge in [0, 0.05) is 19.2 Å². The van der Waals surface area contributed by atoms with Crippen LogP contribution in [-0.4, -0.2) is 51.5 Å². The van der Waals surface area contributed by atoms with Crippen LogP contribution in [0.5, 0.6) is 0 Å². The van der Waals surface area contributed by atoms with Gasteiger partial charge in [-0.1, -0.05) is 0 Å². The van der Waals surface area contributed by atoms with Gasteiger partial charge in [0.25, 0.3) is 5.91 Å². The van der Waals surface area contributed by atoms with E-state index in [9.17, 15) is 14.9 Å². The van der Waals surface area contributed by atoms with Crippen molar-refractivity contribution in [2.75, 3.05) is 19.0 Å². The van der Waals surface area contributed by atoms with Crippen LogP contribution in [0.15, 0.2) is 12.1 Å². The summed E-state index contributed by atoms with van der Waals surface area (Å²) >= 11 is 5.78. The van der Waals surface area contributed by atoms with Gasteiger partial charge in [0.05, 0.1) is 25.1 Å². The summed E-state index contributed by atoms with van der Waals surface area (Å²) in [7, 11) is 1.51. The summed E-state index contributed by atoms with van der Waals surface area (Å²) in [5.74, 6) is -0.0454. The predicted molar refractivity (Wildman–Crippen MR) is 73.0 cm³/mol. The lowest BCUT2D eigenvalue weighted by molar-refractivity contribution is -0.391. The molecule has 2 unspecified atom stereocenters. The number of rotatable bonds is 3. The monoisotopic (exact) mass is 301 g/mol. The number of nitro groups is 1. The second kappa shape index (κ2) is 5.80. The molecule has 1 aliphatic rings. The topological polar surface area (TPSA) is 77.6 Å². The summed E-state index contributed by atoms with van der Waals surface area (Å²) in [5.41, 5.74) is 0.291. The Hall–Kier alpha value is -1.60. The molecule has 8 heteroatoms. The van der Waals surface area contributed by atoms with Crippen LogP contribution < -0.4 is 0 Å². The first-order chi connectivity index (χ1) is 9.43. The van der Waals surface area contributed by atoms with Crippen molar-refractivity contribution in [2.24, 2.45) is 7.05 Å². The third-order valence-electron chi connectivity index (χ3n) is 3.29. The molecule has 2 atom stereocenters. The van der Waals surface area contributed by atoms with Crippen LogP contribution in [0.2, 0.25) is 0 Å². The molecule has 0 aliphatic carbocycles. The van der Waals surface area contributed by atoms with Crippen LogP contribution in [-0.2, 0) is 11.8 Å². The van der Waals surface area contributed by atoms with Crippen molar-refractivity contribution in [3.05, 3.63) is 27.9 Å². The van der Waals surface area contributed by atoms with Crippen LogP contribution in [0.25, 0.3) is 0 Å². The number of nitrogens with zero attached hydrogens (tertiary/aromatic N) is 3. The summed E-state index contributed by atoms with van der Waals surface area (Å²) in [6, 6.07) is 2.80. The molecule has 0 radical (unpaired) electrons. The lowest BCUT2D eigenvalue weighted by Crippen LogP contribution is -2.50. The average molecular weight is 302 g/mol. The highest BCUT2D eigenvalue weighted by Crippen LogP contribution is 2.19. The van der Waals surface area contributed by atoms with Crippen molar-refractivity contribution < 1.29 is 14.5 Å². The van der Waals surface area contributed by atoms with E-state index in [1.54, 1.807) is 4.90 Å². The fraction of sp³-hybridized carbons (Fsp3) is 0.583. The minimum absolute atomic E-state index is 0.105. The van der Waals surface area contributed by atoms with E-state index in [1.807, 2.05) is 6.92 Å². The molecule has 0 aromatic carbocycles. The highest BCUT2D eigenvalue weighted by atomic mass is 35.5. The minimum Gasteiger partial charge on any atom is -0.370 e. The smallest absolute Gasteiger partial charge is 0.323 e. The highest BCUT2D eigenvalue weighted by molar-refractivity contribution is 6.18. The zero-order valence-corrected chi connectivity index (χ0v) is 12.0. The molecule has 0 bridgehead atoms. The third-order valence-corrected chi connectivity index (χ3v) is 3.63. The summed E-state index contributed by atoms with van der Waals surface area (Å²) in [4.78, 5) is 24.4. The zero-order chi connectivity index (χ0) is 14.9. The number of carbonyl (C=O) groups excluding carboxylic acids is 1. The van der Waals surface area contributed by atoms with Crippen molar-refractivity contribution in [1.82, 2.24) is 9.47 Å². The third kappa shape index (κ3) is 2.78. The van der Waals surface area contributed by atoms with E-state index < -0.39 is 4.92 Å². The lowest BCUT2D eigenvalue weighted by Gasteiger charge is -2.35. The molecule has 0 spiro atoms. The number of halogens is 1. The molecule has 0 saturated carbocycles. The summed E-state index contributed by atoms with van der Waals surface area (Å²) in [5, 5.41) is 10.8. The normalized spacial score (nSPS) is 22.9.